The number of benzene rings is 1. The molecule has 3 N–H and O–H groups in total. The van der Waals surface area contributed by atoms with E-state index in [1.807, 2.05) is 6.92 Å². The van der Waals surface area contributed by atoms with Crippen LogP contribution in [0, 0.1) is 0 Å². The molecule has 16 heavy (non-hydrogen) atoms. The molecule has 1 atom stereocenters. The Morgan fingerprint density at radius 1 is 1.50 bits per heavy atom. The van der Waals surface area contributed by atoms with Crippen molar-refractivity contribution in [2.45, 2.75) is 25.7 Å². The number of rotatable bonds is 3. The molecule has 1 aliphatic rings. The lowest BCUT2D eigenvalue weighted by atomic mass is 9.99. The van der Waals surface area contributed by atoms with Crippen molar-refractivity contribution in [3.63, 3.8) is 0 Å². The number of carbonyl (C=O) groups excluding carboxylic acids is 1. The summed E-state index contributed by atoms with van der Waals surface area (Å²) in [5.41, 5.74) is 8.75. The largest absolute Gasteiger partial charge is 0.330 e. The number of carbonyl (C=O) groups is 1. The number of halogens is 1. The molecule has 0 spiro atoms. The lowest BCUT2D eigenvalue weighted by Crippen LogP contribution is -2.08. The van der Waals surface area contributed by atoms with E-state index in [9.17, 15) is 4.79 Å². The lowest BCUT2D eigenvalue weighted by molar-refractivity contribution is -0.116. The zero-order valence-corrected chi connectivity index (χ0v) is 10.8. The Morgan fingerprint density at radius 2 is 2.25 bits per heavy atom. The normalized spacial score (nSPS) is 18.4. The molecule has 3 nitrogen and oxygen atoms in total. The highest BCUT2D eigenvalue weighted by molar-refractivity contribution is 9.10. The Bertz CT molecular complexity index is 431. The molecule has 4 heteroatoms. The topological polar surface area (TPSA) is 55.1 Å². The Kier molecular flexibility index (Phi) is 3.30. The summed E-state index contributed by atoms with van der Waals surface area (Å²) < 4.78 is 0.967. The monoisotopic (exact) mass is 282 g/mol. The van der Waals surface area contributed by atoms with Gasteiger partial charge in [-0.25, -0.2) is 0 Å². The zero-order chi connectivity index (χ0) is 11.7. The van der Waals surface area contributed by atoms with Gasteiger partial charge in [0.2, 0.25) is 5.91 Å². The van der Waals surface area contributed by atoms with Gasteiger partial charge in [-0.1, -0.05) is 6.07 Å². The average molecular weight is 283 g/mol. The molecule has 0 saturated heterocycles. The lowest BCUT2D eigenvalue weighted by Gasteiger charge is -2.07. The first-order valence-electron chi connectivity index (χ1n) is 5.46. The van der Waals surface area contributed by atoms with E-state index in [0.29, 0.717) is 6.54 Å². The molecule has 1 heterocycles. The molecular weight excluding hydrogens is 268 g/mol. The van der Waals surface area contributed by atoms with Crippen molar-refractivity contribution in [2.75, 3.05) is 11.9 Å². The minimum atomic E-state index is -0.0517. The summed E-state index contributed by atoms with van der Waals surface area (Å²) in [6, 6.07) is 4.17. The maximum absolute atomic E-state index is 11.6. The molecule has 0 saturated carbocycles. The van der Waals surface area contributed by atoms with Crippen molar-refractivity contribution < 1.29 is 4.79 Å². The second-order valence-corrected chi connectivity index (χ2v) is 5.00. The molecule has 1 aromatic rings. The van der Waals surface area contributed by atoms with Gasteiger partial charge in [-0.2, -0.15) is 0 Å². The first kappa shape index (κ1) is 11.6. The summed E-state index contributed by atoms with van der Waals surface area (Å²) in [6.45, 7) is 2.63. The average Bonchev–Trinajstić information content (AvgIpc) is 2.54. The third kappa shape index (κ3) is 1.99. The standard InChI is InChI=1S/C12H15BrN2O/c1-7-9-5-8(3-2-4-14)6-10(13)11(9)15-12(7)16/h5-7H,2-4,14H2,1H3,(H,15,16). The maximum Gasteiger partial charge on any atom is 0.231 e. The molecule has 1 amide bonds. The van der Waals surface area contributed by atoms with Gasteiger partial charge in [-0.15, -0.1) is 0 Å². The first-order valence-corrected chi connectivity index (χ1v) is 6.26. The fourth-order valence-electron chi connectivity index (χ4n) is 1.98. The third-order valence-corrected chi connectivity index (χ3v) is 3.58. The Hall–Kier alpha value is -0.870. The minimum Gasteiger partial charge on any atom is -0.330 e. The second kappa shape index (κ2) is 4.55. The number of nitrogens with two attached hydrogens (primary N) is 1. The van der Waals surface area contributed by atoms with E-state index in [-0.39, 0.29) is 11.8 Å². The quantitative estimate of drug-likeness (QED) is 0.895. The Balaban J connectivity index is 2.35. The number of aryl methyl sites for hydroxylation is 1. The van der Waals surface area contributed by atoms with Gasteiger partial charge in [0.25, 0.3) is 0 Å². The summed E-state index contributed by atoms with van der Waals surface area (Å²) in [4.78, 5) is 11.6. The molecule has 1 unspecified atom stereocenters. The van der Waals surface area contributed by atoms with Gasteiger partial charge < -0.3 is 11.1 Å². The van der Waals surface area contributed by atoms with E-state index < -0.39 is 0 Å². The van der Waals surface area contributed by atoms with Crippen LogP contribution in [0.2, 0.25) is 0 Å². The number of hydrogen-bond donors (Lipinski definition) is 2. The van der Waals surface area contributed by atoms with Crippen LogP contribution in [-0.4, -0.2) is 12.5 Å². The van der Waals surface area contributed by atoms with Crippen LogP contribution >= 0.6 is 15.9 Å². The van der Waals surface area contributed by atoms with Crippen molar-refractivity contribution in [3.05, 3.63) is 27.7 Å². The second-order valence-electron chi connectivity index (χ2n) is 4.15. The fourth-order valence-corrected chi connectivity index (χ4v) is 2.61. The van der Waals surface area contributed by atoms with E-state index in [0.717, 1.165) is 28.6 Å². The number of hydrogen-bond acceptors (Lipinski definition) is 2. The highest BCUT2D eigenvalue weighted by atomic mass is 79.9. The first-order chi connectivity index (χ1) is 7.63. The Labute approximate surface area is 104 Å². The highest BCUT2D eigenvalue weighted by Crippen LogP contribution is 2.38. The van der Waals surface area contributed by atoms with Crippen molar-refractivity contribution in [1.29, 1.82) is 0 Å². The predicted octanol–water partition coefficient (Wildman–Crippen LogP) is 2.40. The summed E-state index contributed by atoms with van der Waals surface area (Å²) in [5.74, 6) is 0.0239. The maximum atomic E-state index is 11.6. The van der Waals surface area contributed by atoms with Gasteiger partial charge in [-0.3, -0.25) is 4.79 Å². The van der Waals surface area contributed by atoms with E-state index in [4.69, 9.17) is 5.73 Å². The van der Waals surface area contributed by atoms with E-state index in [1.54, 1.807) is 0 Å². The summed E-state index contributed by atoms with van der Waals surface area (Å²) in [6.07, 6.45) is 1.93. The zero-order valence-electron chi connectivity index (χ0n) is 9.22. The van der Waals surface area contributed by atoms with Crippen molar-refractivity contribution in [3.8, 4) is 0 Å². The fraction of sp³-hybridized carbons (Fsp3) is 0.417. The number of fused-ring (bicyclic) bond motifs is 1. The molecule has 1 aromatic carbocycles. The third-order valence-electron chi connectivity index (χ3n) is 2.96. The summed E-state index contributed by atoms with van der Waals surface area (Å²) in [5, 5.41) is 2.89. The molecule has 0 aliphatic carbocycles. The van der Waals surface area contributed by atoms with Crippen LogP contribution in [0.15, 0.2) is 16.6 Å². The molecule has 1 aliphatic heterocycles. The van der Waals surface area contributed by atoms with E-state index in [2.05, 4.69) is 33.4 Å². The van der Waals surface area contributed by atoms with Crippen LogP contribution in [0.3, 0.4) is 0 Å². The van der Waals surface area contributed by atoms with Crippen LogP contribution in [0.25, 0.3) is 0 Å². The van der Waals surface area contributed by atoms with E-state index in [1.165, 1.54) is 5.56 Å². The van der Waals surface area contributed by atoms with Gasteiger partial charge >= 0.3 is 0 Å². The van der Waals surface area contributed by atoms with E-state index >= 15 is 0 Å². The summed E-state index contributed by atoms with van der Waals surface area (Å²) >= 11 is 3.50. The van der Waals surface area contributed by atoms with Crippen LogP contribution in [0.5, 0.6) is 0 Å². The molecule has 86 valence electrons. The Morgan fingerprint density at radius 3 is 2.94 bits per heavy atom. The van der Waals surface area contributed by atoms with Gasteiger partial charge in [0.1, 0.15) is 0 Å². The van der Waals surface area contributed by atoms with Crippen LogP contribution in [0.4, 0.5) is 5.69 Å². The number of amides is 1. The molecule has 2 rings (SSSR count). The van der Waals surface area contributed by atoms with Crippen molar-refractivity contribution >= 4 is 27.5 Å². The summed E-state index contributed by atoms with van der Waals surface area (Å²) in [7, 11) is 0. The highest BCUT2D eigenvalue weighted by Gasteiger charge is 2.28. The van der Waals surface area contributed by atoms with Gasteiger partial charge in [0.15, 0.2) is 0 Å². The molecule has 0 fully saturated rings. The molecular formula is C12H15BrN2O. The van der Waals surface area contributed by atoms with Gasteiger partial charge in [0, 0.05) is 4.47 Å². The van der Waals surface area contributed by atoms with Crippen LogP contribution < -0.4 is 11.1 Å². The predicted molar refractivity (Wildman–Crippen MR) is 68.6 cm³/mol. The number of anilines is 1. The van der Waals surface area contributed by atoms with Gasteiger partial charge in [0.05, 0.1) is 11.6 Å². The van der Waals surface area contributed by atoms with Crippen LogP contribution in [0.1, 0.15) is 30.4 Å². The SMILES string of the molecule is CC1C(=O)Nc2c(Br)cc(CCCN)cc21. The van der Waals surface area contributed by atoms with Crippen molar-refractivity contribution in [2.24, 2.45) is 5.73 Å². The van der Waals surface area contributed by atoms with Gasteiger partial charge in [-0.05, 0) is 59.4 Å². The number of nitrogens with one attached hydrogen (secondary N) is 1. The minimum absolute atomic E-state index is 0.0517. The molecule has 0 radical (unpaired) electrons. The van der Waals surface area contributed by atoms with Crippen LogP contribution in [-0.2, 0) is 11.2 Å². The molecule has 0 aromatic heterocycles. The smallest absolute Gasteiger partial charge is 0.231 e. The molecule has 0 bridgehead atoms. The van der Waals surface area contributed by atoms with Crippen molar-refractivity contribution in [1.82, 2.24) is 0 Å².